The summed E-state index contributed by atoms with van der Waals surface area (Å²) < 4.78 is 0. The highest BCUT2D eigenvalue weighted by atomic mass is 32.1. The van der Waals surface area contributed by atoms with E-state index in [9.17, 15) is 0 Å². The van der Waals surface area contributed by atoms with Gasteiger partial charge < -0.3 is 10.6 Å². The van der Waals surface area contributed by atoms with Crippen LogP contribution in [0, 0.1) is 0 Å². The molecule has 0 atom stereocenters. The number of hydrazone groups is 2. The minimum atomic E-state index is 0.535. The fraction of sp³-hybridized carbons (Fsp3) is 0.556. The molecule has 0 aromatic carbocycles. The lowest BCUT2D eigenvalue weighted by atomic mass is 10.5. The largest absolute Gasteiger partial charge is 0.364 e. The molecule has 96 valence electrons. The van der Waals surface area contributed by atoms with Crippen molar-refractivity contribution in [2.75, 3.05) is 28.2 Å². The van der Waals surface area contributed by atoms with Gasteiger partial charge in [-0.25, -0.2) is 10.0 Å². The number of rotatable bonds is 3. The predicted molar refractivity (Wildman–Crippen MR) is 80.4 cm³/mol. The van der Waals surface area contributed by atoms with Gasteiger partial charge in [-0.15, -0.1) is 0 Å². The Balaban J connectivity index is 4.48. The normalized spacial score (nSPS) is 11.2. The van der Waals surface area contributed by atoms with Gasteiger partial charge in [0.05, 0.1) is 11.9 Å². The summed E-state index contributed by atoms with van der Waals surface area (Å²) in [6.07, 6.45) is 1.61. The van der Waals surface area contributed by atoms with Gasteiger partial charge in [-0.1, -0.05) is 0 Å². The SMILES string of the molecule is CNC(=S)N(C)/N=C(C)\C=N\N(C)C(=S)NC. The van der Waals surface area contributed by atoms with Gasteiger partial charge in [0.1, 0.15) is 0 Å². The molecule has 0 spiro atoms. The fourth-order valence-corrected chi connectivity index (χ4v) is 0.942. The highest BCUT2D eigenvalue weighted by molar-refractivity contribution is 7.80. The third-order valence-electron chi connectivity index (χ3n) is 1.74. The molecule has 8 heteroatoms. The highest BCUT2D eigenvalue weighted by Crippen LogP contribution is 1.89. The molecule has 0 rings (SSSR count). The van der Waals surface area contributed by atoms with Gasteiger partial charge in [0.15, 0.2) is 10.2 Å². The topological polar surface area (TPSA) is 55.3 Å². The minimum absolute atomic E-state index is 0.535. The summed E-state index contributed by atoms with van der Waals surface area (Å²) in [4.78, 5) is 0. The van der Waals surface area contributed by atoms with Crippen molar-refractivity contribution < 1.29 is 0 Å². The molecule has 2 N–H and O–H groups in total. The maximum Gasteiger partial charge on any atom is 0.189 e. The summed E-state index contributed by atoms with van der Waals surface area (Å²) in [6, 6.07) is 0. The smallest absolute Gasteiger partial charge is 0.189 e. The van der Waals surface area contributed by atoms with E-state index in [0.717, 1.165) is 5.71 Å². The Morgan fingerprint density at radius 3 is 2.00 bits per heavy atom. The van der Waals surface area contributed by atoms with E-state index in [1.165, 1.54) is 0 Å². The Morgan fingerprint density at radius 2 is 1.53 bits per heavy atom. The summed E-state index contributed by atoms with van der Waals surface area (Å²) >= 11 is 10.0. The van der Waals surface area contributed by atoms with E-state index in [1.807, 2.05) is 6.92 Å². The van der Waals surface area contributed by atoms with Crippen molar-refractivity contribution in [3.63, 3.8) is 0 Å². The van der Waals surface area contributed by atoms with Crippen molar-refractivity contribution in [2.24, 2.45) is 10.2 Å². The second-order valence-electron chi connectivity index (χ2n) is 3.14. The quantitative estimate of drug-likeness (QED) is 0.436. The third kappa shape index (κ3) is 6.12. The van der Waals surface area contributed by atoms with Gasteiger partial charge in [-0.3, -0.25) is 0 Å². The molecule has 0 aliphatic carbocycles. The Morgan fingerprint density at radius 1 is 1.06 bits per heavy atom. The van der Waals surface area contributed by atoms with E-state index < -0.39 is 0 Å². The van der Waals surface area contributed by atoms with Crippen molar-refractivity contribution in [1.82, 2.24) is 20.7 Å². The highest BCUT2D eigenvalue weighted by Gasteiger charge is 2.00. The average Bonchev–Trinajstić information content (AvgIpc) is 2.33. The first kappa shape index (κ1) is 15.7. The lowest BCUT2D eigenvalue weighted by molar-refractivity contribution is 0.533. The molecule has 0 amide bonds. The molecule has 0 radical (unpaired) electrons. The van der Waals surface area contributed by atoms with Crippen LogP contribution < -0.4 is 10.6 Å². The predicted octanol–water partition coefficient (Wildman–Crippen LogP) is 0.220. The van der Waals surface area contributed by atoms with E-state index in [2.05, 4.69) is 20.8 Å². The van der Waals surface area contributed by atoms with Gasteiger partial charge in [0, 0.05) is 28.2 Å². The first-order valence-corrected chi connectivity index (χ1v) is 5.74. The van der Waals surface area contributed by atoms with Gasteiger partial charge in [0.2, 0.25) is 0 Å². The van der Waals surface area contributed by atoms with Crippen LogP contribution in [-0.4, -0.2) is 60.4 Å². The summed E-state index contributed by atoms with van der Waals surface area (Å²) in [6.45, 7) is 1.83. The van der Waals surface area contributed by atoms with E-state index in [0.29, 0.717) is 10.2 Å². The second kappa shape index (κ2) is 7.91. The van der Waals surface area contributed by atoms with Gasteiger partial charge in [-0.2, -0.15) is 10.2 Å². The molecule has 0 bridgehead atoms. The zero-order valence-corrected chi connectivity index (χ0v) is 12.3. The van der Waals surface area contributed by atoms with Crippen molar-refractivity contribution in [1.29, 1.82) is 0 Å². The van der Waals surface area contributed by atoms with Crippen molar-refractivity contribution in [3.05, 3.63) is 0 Å². The molecule has 0 aliphatic rings. The fourth-order valence-electron chi connectivity index (χ4n) is 0.854. The first-order valence-electron chi connectivity index (χ1n) is 4.92. The van der Waals surface area contributed by atoms with Crippen molar-refractivity contribution in [2.45, 2.75) is 6.92 Å². The molecule has 0 saturated heterocycles. The maximum atomic E-state index is 5.01. The van der Waals surface area contributed by atoms with E-state index in [-0.39, 0.29) is 0 Å². The van der Waals surface area contributed by atoms with Gasteiger partial charge >= 0.3 is 0 Å². The molecule has 6 nitrogen and oxygen atoms in total. The van der Waals surface area contributed by atoms with Crippen LogP contribution in [0.3, 0.4) is 0 Å². The zero-order chi connectivity index (χ0) is 13.4. The van der Waals surface area contributed by atoms with Crippen LogP contribution in [0.5, 0.6) is 0 Å². The van der Waals surface area contributed by atoms with Crippen LogP contribution in [-0.2, 0) is 0 Å². The molecule has 0 aromatic rings. The van der Waals surface area contributed by atoms with Crippen LogP contribution in [0.4, 0.5) is 0 Å². The Kier molecular flexibility index (Phi) is 7.31. The molecule has 0 heterocycles. The number of thiocarbonyl (C=S) groups is 2. The monoisotopic (exact) mass is 274 g/mol. The third-order valence-corrected chi connectivity index (χ3v) is 2.68. The lowest BCUT2D eigenvalue weighted by Gasteiger charge is -2.14. The van der Waals surface area contributed by atoms with E-state index in [4.69, 9.17) is 24.4 Å². The Labute approximate surface area is 113 Å². The summed E-state index contributed by atoms with van der Waals surface area (Å²) in [5.41, 5.74) is 0.718. The number of nitrogens with one attached hydrogen (secondary N) is 2. The average molecular weight is 274 g/mol. The van der Waals surface area contributed by atoms with E-state index >= 15 is 0 Å². The van der Waals surface area contributed by atoms with Crippen LogP contribution in [0.1, 0.15) is 6.92 Å². The Hall–Kier alpha value is -1.28. The summed E-state index contributed by atoms with van der Waals surface area (Å²) in [7, 11) is 7.01. The van der Waals surface area contributed by atoms with Gasteiger partial charge in [0.25, 0.3) is 0 Å². The van der Waals surface area contributed by atoms with E-state index in [1.54, 1.807) is 44.4 Å². The zero-order valence-electron chi connectivity index (χ0n) is 10.7. The maximum absolute atomic E-state index is 5.01. The molecule has 0 saturated carbocycles. The van der Waals surface area contributed by atoms with Crippen LogP contribution >= 0.6 is 24.4 Å². The summed E-state index contributed by atoms with van der Waals surface area (Å²) in [5.74, 6) is 0. The van der Waals surface area contributed by atoms with Crippen LogP contribution in [0.2, 0.25) is 0 Å². The Bertz CT molecular complexity index is 338. The molecule has 0 unspecified atom stereocenters. The molecular weight excluding hydrogens is 256 g/mol. The van der Waals surface area contributed by atoms with Crippen LogP contribution in [0.15, 0.2) is 10.2 Å². The van der Waals surface area contributed by atoms with Crippen molar-refractivity contribution >= 4 is 46.6 Å². The summed E-state index contributed by atoms with van der Waals surface area (Å²) in [5, 5.41) is 18.2. The molecular formula is C9H18N6S2. The lowest BCUT2D eigenvalue weighted by Crippen LogP contribution is -2.32. The van der Waals surface area contributed by atoms with Crippen LogP contribution in [0.25, 0.3) is 0 Å². The molecule has 17 heavy (non-hydrogen) atoms. The number of nitrogens with zero attached hydrogens (tertiary/aromatic N) is 4. The first-order chi connectivity index (χ1) is 7.92. The number of hydrogen-bond acceptors (Lipinski definition) is 4. The second-order valence-corrected chi connectivity index (χ2v) is 3.92. The minimum Gasteiger partial charge on any atom is -0.364 e. The molecule has 0 fully saturated rings. The standard InChI is InChI=1S/C9H18N6S2/c1-7(13-15(5)9(17)11-3)6-12-14(4)8(16)10-2/h6H,1-5H3,(H,10,16)(H,11,17)/b12-6+,13-7-. The molecule has 0 aromatic heterocycles. The number of hydrogen-bond donors (Lipinski definition) is 2. The van der Waals surface area contributed by atoms with Crippen molar-refractivity contribution in [3.8, 4) is 0 Å². The van der Waals surface area contributed by atoms with Gasteiger partial charge in [-0.05, 0) is 31.4 Å². The molecule has 0 aliphatic heterocycles.